The van der Waals surface area contributed by atoms with E-state index in [2.05, 4.69) is 0 Å². The highest BCUT2D eigenvalue weighted by Crippen LogP contribution is 2.01. The number of carbonyl (C=O) groups excluding carboxylic acids is 2. The van der Waals surface area contributed by atoms with E-state index in [1.54, 1.807) is 0 Å². The van der Waals surface area contributed by atoms with Crippen LogP contribution in [0.4, 0.5) is 0 Å². The van der Waals surface area contributed by atoms with Gasteiger partial charge in [0, 0.05) is 0 Å². The lowest BCUT2D eigenvalue weighted by molar-refractivity contribution is -0.159. The van der Waals surface area contributed by atoms with Crippen molar-refractivity contribution in [1.29, 1.82) is 0 Å². The van der Waals surface area contributed by atoms with E-state index in [1.165, 1.54) is 0 Å². The molecule has 0 radical (unpaired) electrons. The first kappa shape index (κ1) is 19.1. The molecule has 0 heterocycles. The number of ketones is 2. The van der Waals surface area contributed by atoms with Crippen molar-refractivity contribution in [2.75, 3.05) is 0 Å². The summed E-state index contributed by atoms with van der Waals surface area (Å²) in [5.74, 6) is -8.56. The number of carboxylic acid groups (broad SMARTS) is 3. The van der Waals surface area contributed by atoms with E-state index in [1.807, 2.05) is 13.8 Å². The summed E-state index contributed by atoms with van der Waals surface area (Å²) in [5, 5.41) is 23.8. The molecule has 108 valence electrons. The maximum atomic E-state index is 10.1. The Bertz CT molecular complexity index is 363. The SMILES string of the molecule is CC(C)CC(N)C(=O)O.O=C(O)C(=O)C(=O)C(=O)O. The minimum atomic E-state index is -2.06. The molecule has 1 unspecified atom stereocenters. The summed E-state index contributed by atoms with van der Waals surface area (Å²) in [6.07, 6.45) is 0.551. The second-order valence-corrected chi connectivity index (χ2v) is 3.84. The van der Waals surface area contributed by atoms with Gasteiger partial charge in [-0.25, -0.2) is 9.59 Å². The molecule has 1 atom stereocenters. The van der Waals surface area contributed by atoms with Crippen molar-refractivity contribution in [2.24, 2.45) is 11.7 Å². The second-order valence-electron chi connectivity index (χ2n) is 3.84. The summed E-state index contributed by atoms with van der Waals surface area (Å²) in [6.45, 7) is 3.89. The van der Waals surface area contributed by atoms with Crippen LogP contribution >= 0.6 is 0 Å². The van der Waals surface area contributed by atoms with Crippen LogP contribution < -0.4 is 5.73 Å². The molecule has 0 aliphatic carbocycles. The molecule has 0 aromatic carbocycles. The average Bonchev–Trinajstić information content (AvgIpc) is 2.26. The first-order valence-corrected chi connectivity index (χ1v) is 5.03. The largest absolute Gasteiger partial charge is 0.480 e. The molecule has 0 rings (SSSR count). The van der Waals surface area contributed by atoms with Crippen molar-refractivity contribution in [3.05, 3.63) is 0 Å². The topological polar surface area (TPSA) is 172 Å². The third-order valence-electron chi connectivity index (χ3n) is 1.64. The molecule has 0 spiro atoms. The minimum absolute atomic E-state index is 0.357. The van der Waals surface area contributed by atoms with Gasteiger partial charge in [0.1, 0.15) is 6.04 Å². The van der Waals surface area contributed by atoms with E-state index >= 15 is 0 Å². The molecule has 0 amide bonds. The van der Waals surface area contributed by atoms with Gasteiger partial charge in [-0.2, -0.15) is 0 Å². The Kier molecular flexibility index (Phi) is 8.78. The maximum Gasteiger partial charge on any atom is 0.381 e. The maximum absolute atomic E-state index is 10.1. The molecule has 0 aliphatic rings. The Labute approximate surface area is 108 Å². The van der Waals surface area contributed by atoms with Crippen LogP contribution in [0.25, 0.3) is 0 Å². The van der Waals surface area contributed by atoms with Crippen molar-refractivity contribution < 1.29 is 39.3 Å². The molecule has 0 saturated heterocycles. The van der Waals surface area contributed by atoms with E-state index in [4.69, 9.17) is 21.1 Å². The minimum Gasteiger partial charge on any atom is -0.480 e. The summed E-state index contributed by atoms with van der Waals surface area (Å²) < 4.78 is 0. The van der Waals surface area contributed by atoms with Crippen LogP contribution in [0.2, 0.25) is 0 Å². The molecule has 0 aromatic heterocycles. The molecule has 0 saturated carbocycles. The average molecular weight is 277 g/mol. The predicted molar refractivity (Wildman–Crippen MR) is 60.4 cm³/mol. The molecule has 5 N–H and O–H groups in total. The molecule has 0 aliphatic heterocycles. The number of hydrogen-bond acceptors (Lipinski definition) is 6. The predicted octanol–water partition coefficient (Wildman–Crippen LogP) is -1.26. The van der Waals surface area contributed by atoms with Gasteiger partial charge in [0.2, 0.25) is 0 Å². The van der Waals surface area contributed by atoms with Crippen molar-refractivity contribution in [1.82, 2.24) is 0 Å². The highest BCUT2D eigenvalue weighted by Gasteiger charge is 2.27. The first-order chi connectivity index (χ1) is 8.50. The van der Waals surface area contributed by atoms with Gasteiger partial charge >= 0.3 is 29.5 Å². The van der Waals surface area contributed by atoms with Crippen molar-refractivity contribution in [3.63, 3.8) is 0 Å². The molecular weight excluding hydrogens is 262 g/mol. The number of carboxylic acids is 3. The van der Waals surface area contributed by atoms with E-state index < -0.39 is 35.5 Å². The third kappa shape index (κ3) is 9.41. The Balaban J connectivity index is 0. The quantitative estimate of drug-likeness (QED) is 0.341. The number of aliphatic carboxylic acids is 3. The van der Waals surface area contributed by atoms with Crippen LogP contribution in [0.15, 0.2) is 0 Å². The zero-order valence-electron chi connectivity index (χ0n) is 10.3. The highest BCUT2D eigenvalue weighted by atomic mass is 16.4. The Morgan fingerprint density at radius 2 is 1.21 bits per heavy atom. The van der Waals surface area contributed by atoms with Crippen LogP contribution in [-0.2, 0) is 24.0 Å². The Morgan fingerprint density at radius 1 is 0.895 bits per heavy atom. The van der Waals surface area contributed by atoms with Gasteiger partial charge in [0.15, 0.2) is 0 Å². The molecule has 0 aromatic rings. The molecular formula is C10H15NO8. The summed E-state index contributed by atoms with van der Waals surface area (Å²) in [6, 6.07) is -0.690. The van der Waals surface area contributed by atoms with Crippen LogP contribution in [0.3, 0.4) is 0 Å². The second kappa shape index (κ2) is 8.75. The van der Waals surface area contributed by atoms with Crippen molar-refractivity contribution in [3.8, 4) is 0 Å². The number of rotatable bonds is 6. The zero-order chi connectivity index (χ0) is 15.7. The fraction of sp³-hybridized carbons (Fsp3) is 0.500. The molecule has 0 bridgehead atoms. The van der Waals surface area contributed by atoms with Gasteiger partial charge in [-0.3, -0.25) is 14.4 Å². The van der Waals surface area contributed by atoms with Crippen molar-refractivity contribution >= 4 is 29.5 Å². The van der Waals surface area contributed by atoms with Crippen molar-refractivity contribution in [2.45, 2.75) is 26.3 Å². The van der Waals surface area contributed by atoms with Gasteiger partial charge in [0.05, 0.1) is 0 Å². The Morgan fingerprint density at radius 3 is 1.32 bits per heavy atom. The normalized spacial score (nSPS) is 10.9. The fourth-order valence-corrected chi connectivity index (χ4v) is 0.803. The molecule has 9 heteroatoms. The van der Waals surface area contributed by atoms with E-state index in [0.29, 0.717) is 12.3 Å². The zero-order valence-corrected chi connectivity index (χ0v) is 10.3. The van der Waals surface area contributed by atoms with E-state index in [-0.39, 0.29) is 0 Å². The number of Topliss-reactive ketones (excluding diaryl/α,β-unsaturated/α-hetero) is 2. The smallest absolute Gasteiger partial charge is 0.381 e. The number of nitrogens with two attached hydrogens (primary N) is 1. The molecule has 9 nitrogen and oxygen atoms in total. The van der Waals surface area contributed by atoms with Gasteiger partial charge in [0.25, 0.3) is 0 Å². The summed E-state index contributed by atoms with van der Waals surface area (Å²) in [4.78, 5) is 49.2. The lowest BCUT2D eigenvalue weighted by Gasteiger charge is -2.07. The number of carbonyl (C=O) groups is 5. The van der Waals surface area contributed by atoms with E-state index in [0.717, 1.165) is 0 Å². The lowest BCUT2D eigenvalue weighted by Crippen LogP contribution is -2.31. The van der Waals surface area contributed by atoms with E-state index in [9.17, 15) is 24.0 Å². The fourth-order valence-electron chi connectivity index (χ4n) is 0.803. The third-order valence-corrected chi connectivity index (χ3v) is 1.64. The summed E-state index contributed by atoms with van der Waals surface area (Å²) in [7, 11) is 0. The monoisotopic (exact) mass is 277 g/mol. The van der Waals surface area contributed by atoms with Gasteiger partial charge in [-0.1, -0.05) is 13.8 Å². The van der Waals surface area contributed by atoms with Crippen LogP contribution in [0.5, 0.6) is 0 Å². The lowest BCUT2D eigenvalue weighted by atomic mass is 10.1. The van der Waals surface area contributed by atoms with Crippen LogP contribution in [0.1, 0.15) is 20.3 Å². The summed E-state index contributed by atoms with van der Waals surface area (Å²) >= 11 is 0. The first-order valence-electron chi connectivity index (χ1n) is 5.03. The molecule has 19 heavy (non-hydrogen) atoms. The standard InChI is InChI=1S/C6H13NO2.C4H2O6/c1-4(2)3-5(7)6(8)9;5-1(3(7)8)2(6)4(9)10/h4-5H,3,7H2,1-2H3,(H,8,9);(H,7,8)(H,9,10). The highest BCUT2D eigenvalue weighted by molar-refractivity contribution is 6.75. The van der Waals surface area contributed by atoms with Crippen LogP contribution in [0, 0.1) is 5.92 Å². The summed E-state index contributed by atoms with van der Waals surface area (Å²) in [5.41, 5.74) is 5.22. The van der Waals surface area contributed by atoms with Gasteiger partial charge in [-0.05, 0) is 12.3 Å². The number of hydrogen-bond donors (Lipinski definition) is 4. The molecule has 0 fully saturated rings. The Hall–Kier alpha value is -2.29. The van der Waals surface area contributed by atoms with Gasteiger partial charge < -0.3 is 21.1 Å². The van der Waals surface area contributed by atoms with Crippen LogP contribution in [-0.4, -0.2) is 50.8 Å². The van der Waals surface area contributed by atoms with Gasteiger partial charge in [-0.15, -0.1) is 0 Å².